The number of thiophene rings is 1. The highest BCUT2D eigenvalue weighted by Gasteiger charge is 2.45. The van der Waals surface area contributed by atoms with E-state index in [0.717, 1.165) is 4.88 Å². The van der Waals surface area contributed by atoms with E-state index in [0.29, 0.717) is 12.0 Å². The van der Waals surface area contributed by atoms with E-state index >= 15 is 0 Å². The van der Waals surface area contributed by atoms with Gasteiger partial charge in [-0.2, -0.15) is 0 Å². The maximum absolute atomic E-state index is 11.8. The number of aliphatic carboxylic acids is 1. The number of carbonyl (C=O) groups is 1. The van der Waals surface area contributed by atoms with Gasteiger partial charge in [-0.25, -0.2) is 0 Å². The molecule has 0 spiro atoms. The smallest absolute Gasteiger partial charge is 0.323 e. The standard InChI is InChI=1S/C14H15O4PS/c15-13(16)14(19(17)18,11-5-2-1-3-6-11)9-8-12-7-4-10-20-12/h1-7,10,19H,8-9H2,(H,15,16)(H,17,18). The van der Waals surface area contributed by atoms with Crippen molar-refractivity contribution in [2.24, 2.45) is 0 Å². The molecular weight excluding hydrogens is 295 g/mol. The summed E-state index contributed by atoms with van der Waals surface area (Å²) in [7, 11) is -3.28. The van der Waals surface area contributed by atoms with Crippen molar-refractivity contribution in [3.8, 4) is 0 Å². The third-order valence-electron chi connectivity index (χ3n) is 3.32. The van der Waals surface area contributed by atoms with Crippen molar-refractivity contribution in [2.45, 2.75) is 18.0 Å². The van der Waals surface area contributed by atoms with E-state index in [-0.39, 0.29) is 6.42 Å². The van der Waals surface area contributed by atoms with Crippen molar-refractivity contribution >= 4 is 25.3 Å². The van der Waals surface area contributed by atoms with Gasteiger partial charge >= 0.3 is 5.97 Å². The molecule has 4 nitrogen and oxygen atoms in total. The summed E-state index contributed by atoms with van der Waals surface area (Å²) in [6.07, 6.45) is 0.580. The zero-order valence-corrected chi connectivity index (χ0v) is 12.5. The van der Waals surface area contributed by atoms with Crippen LogP contribution in [0.3, 0.4) is 0 Å². The Morgan fingerprint density at radius 3 is 2.40 bits per heavy atom. The van der Waals surface area contributed by atoms with E-state index in [1.807, 2.05) is 17.5 Å². The first-order chi connectivity index (χ1) is 9.57. The Hall–Kier alpha value is -1.42. The molecule has 1 aromatic heterocycles. The van der Waals surface area contributed by atoms with Gasteiger partial charge in [-0.3, -0.25) is 9.36 Å². The lowest BCUT2D eigenvalue weighted by Gasteiger charge is -2.26. The van der Waals surface area contributed by atoms with Gasteiger partial charge in [0.2, 0.25) is 8.03 Å². The number of carboxylic acid groups (broad SMARTS) is 1. The van der Waals surface area contributed by atoms with Gasteiger partial charge in [-0.05, 0) is 29.9 Å². The van der Waals surface area contributed by atoms with E-state index in [1.54, 1.807) is 30.3 Å². The van der Waals surface area contributed by atoms with Crippen molar-refractivity contribution in [3.05, 3.63) is 58.3 Å². The molecule has 1 aromatic carbocycles. The minimum Gasteiger partial charge on any atom is -0.480 e. The number of hydrogen-bond donors (Lipinski definition) is 2. The monoisotopic (exact) mass is 310 g/mol. The highest BCUT2D eigenvalue weighted by molar-refractivity contribution is 7.41. The highest BCUT2D eigenvalue weighted by Crippen LogP contribution is 2.48. The van der Waals surface area contributed by atoms with Crippen LogP contribution in [0.1, 0.15) is 16.9 Å². The summed E-state index contributed by atoms with van der Waals surface area (Å²) in [5.74, 6) is -1.24. The number of benzene rings is 1. The fraction of sp³-hybridized carbons (Fsp3) is 0.214. The molecule has 6 heteroatoms. The van der Waals surface area contributed by atoms with Crippen LogP contribution < -0.4 is 0 Å². The number of rotatable bonds is 6. The molecule has 0 saturated carbocycles. The van der Waals surface area contributed by atoms with Gasteiger partial charge in [0, 0.05) is 4.88 Å². The lowest BCUT2D eigenvalue weighted by Crippen LogP contribution is -2.32. The van der Waals surface area contributed by atoms with Gasteiger partial charge in [-0.1, -0.05) is 36.4 Å². The molecule has 106 valence electrons. The number of aryl methyl sites for hydroxylation is 1. The maximum Gasteiger partial charge on any atom is 0.323 e. The summed E-state index contributed by atoms with van der Waals surface area (Å²) >= 11 is 1.52. The fourth-order valence-corrected chi connectivity index (χ4v) is 3.83. The summed E-state index contributed by atoms with van der Waals surface area (Å²) in [6, 6.07) is 12.1. The molecule has 0 aliphatic rings. The largest absolute Gasteiger partial charge is 0.480 e. The van der Waals surface area contributed by atoms with Crippen molar-refractivity contribution in [3.63, 3.8) is 0 Å². The lowest BCUT2D eigenvalue weighted by molar-refractivity contribution is -0.140. The van der Waals surface area contributed by atoms with Crippen LogP contribution in [0, 0.1) is 0 Å². The molecule has 20 heavy (non-hydrogen) atoms. The molecule has 0 radical (unpaired) electrons. The third kappa shape index (κ3) is 2.85. The second kappa shape index (κ2) is 6.35. The summed E-state index contributed by atoms with van der Waals surface area (Å²) in [5, 5.41) is 9.74. The van der Waals surface area contributed by atoms with Crippen LogP contribution in [0.25, 0.3) is 0 Å². The second-order valence-electron chi connectivity index (χ2n) is 4.46. The lowest BCUT2D eigenvalue weighted by atomic mass is 9.93. The van der Waals surface area contributed by atoms with Gasteiger partial charge in [-0.15, -0.1) is 11.3 Å². The van der Waals surface area contributed by atoms with Crippen molar-refractivity contribution in [1.29, 1.82) is 0 Å². The molecule has 0 aliphatic carbocycles. The quantitative estimate of drug-likeness (QED) is 0.804. The Morgan fingerprint density at radius 1 is 1.20 bits per heavy atom. The maximum atomic E-state index is 11.8. The summed E-state index contributed by atoms with van der Waals surface area (Å²) in [6.45, 7) is 0. The summed E-state index contributed by atoms with van der Waals surface area (Å²) < 4.78 is 11.8. The van der Waals surface area contributed by atoms with Crippen molar-refractivity contribution in [1.82, 2.24) is 0 Å². The topological polar surface area (TPSA) is 74.6 Å². The SMILES string of the molecule is O=C(O)C(CCc1cccs1)(c1ccccc1)[PH](=O)O. The molecular formula is C14H15O4PS. The van der Waals surface area contributed by atoms with Crippen LogP contribution in [-0.4, -0.2) is 16.0 Å². The fourth-order valence-electron chi connectivity index (χ4n) is 2.18. The first-order valence-corrected chi connectivity index (χ1v) is 8.35. The first kappa shape index (κ1) is 15.0. The van der Waals surface area contributed by atoms with E-state index in [1.165, 1.54) is 11.3 Å². The van der Waals surface area contributed by atoms with E-state index in [4.69, 9.17) is 0 Å². The van der Waals surface area contributed by atoms with Gasteiger partial charge in [0.25, 0.3) is 0 Å². The van der Waals surface area contributed by atoms with Gasteiger partial charge in [0.05, 0.1) is 0 Å². The third-order valence-corrected chi connectivity index (χ3v) is 5.74. The highest BCUT2D eigenvalue weighted by atomic mass is 32.1. The molecule has 0 fully saturated rings. The Kier molecular flexibility index (Phi) is 4.76. The Labute approximate surface area is 121 Å². The van der Waals surface area contributed by atoms with Crippen LogP contribution in [0.5, 0.6) is 0 Å². The molecule has 0 saturated heterocycles. The van der Waals surface area contributed by atoms with Gasteiger partial charge in [0.1, 0.15) is 0 Å². The van der Waals surface area contributed by atoms with Crippen LogP contribution in [0.2, 0.25) is 0 Å². The molecule has 2 aromatic rings. The Balaban J connectivity index is 2.38. The zero-order valence-electron chi connectivity index (χ0n) is 10.7. The molecule has 1 heterocycles. The summed E-state index contributed by atoms with van der Waals surface area (Å²) in [4.78, 5) is 22.4. The predicted octanol–water partition coefficient (Wildman–Crippen LogP) is 3.13. The molecule has 0 bridgehead atoms. The Morgan fingerprint density at radius 2 is 1.90 bits per heavy atom. The normalized spacial score (nSPS) is 15.4. The van der Waals surface area contributed by atoms with E-state index in [9.17, 15) is 19.4 Å². The molecule has 2 N–H and O–H groups in total. The minimum absolute atomic E-state index is 0.112. The summed E-state index contributed by atoms with van der Waals surface area (Å²) in [5.41, 5.74) is 0.385. The van der Waals surface area contributed by atoms with Crippen LogP contribution in [0.4, 0.5) is 0 Å². The zero-order chi connectivity index (χ0) is 14.6. The van der Waals surface area contributed by atoms with Gasteiger partial charge in [0.15, 0.2) is 5.16 Å². The van der Waals surface area contributed by atoms with E-state index in [2.05, 4.69) is 0 Å². The van der Waals surface area contributed by atoms with Crippen LogP contribution >= 0.6 is 19.4 Å². The molecule has 2 unspecified atom stereocenters. The average molecular weight is 310 g/mol. The second-order valence-corrected chi connectivity index (χ2v) is 6.96. The minimum atomic E-state index is -3.28. The molecule has 0 amide bonds. The predicted molar refractivity (Wildman–Crippen MR) is 79.6 cm³/mol. The van der Waals surface area contributed by atoms with Crippen molar-refractivity contribution < 1.29 is 19.4 Å². The number of hydrogen-bond acceptors (Lipinski definition) is 3. The first-order valence-electron chi connectivity index (χ1n) is 6.12. The Bertz CT molecular complexity index is 581. The number of carboxylic acids is 1. The van der Waals surface area contributed by atoms with Crippen LogP contribution in [0.15, 0.2) is 47.8 Å². The average Bonchev–Trinajstić information content (AvgIpc) is 2.93. The van der Waals surface area contributed by atoms with Gasteiger partial charge < -0.3 is 10.00 Å². The molecule has 2 rings (SSSR count). The molecule has 0 aliphatic heterocycles. The van der Waals surface area contributed by atoms with Crippen molar-refractivity contribution in [2.75, 3.05) is 0 Å². The van der Waals surface area contributed by atoms with Crippen LogP contribution in [-0.2, 0) is 20.9 Å². The molecule has 2 atom stereocenters. The van der Waals surface area contributed by atoms with E-state index < -0.39 is 19.2 Å².